The molecule has 0 aliphatic carbocycles. The number of piperazine rings is 1. The van der Waals surface area contributed by atoms with Gasteiger partial charge in [-0.05, 0) is 19.7 Å². The lowest BCUT2D eigenvalue weighted by Crippen LogP contribution is -2.47. The quantitative estimate of drug-likeness (QED) is 0.611. The van der Waals surface area contributed by atoms with Gasteiger partial charge in [-0.25, -0.2) is 15.0 Å². The molecule has 1 aliphatic rings. The topological polar surface area (TPSA) is 56.3 Å². The third-order valence-electron chi connectivity index (χ3n) is 3.22. The number of nitrogens with one attached hydrogen (secondary N) is 2. The Kier molecular flexibility index (Phi) is 5.87. The normalized spacial score (nSPS) is 17.1. The number of hydrogen-bond donors (Lipinski definition) is 2. The molecule has 0 bridgehead atoms. The second-order valence-corrected chi connectivity index (χ2v) is 5.73. The maximum Gasteiger partial charge on any atom is 0.191 e. The molecule has 1 aromatic rings. The van der Waals surface area contributed by atoms with E-state index in [1.807, 2.05) is 12.3 Å². The van der Waals surface area contributed by atoms with Gasteiger partial charge in [0, 0.05) is 38.8 Å². The molecule has 1 aliphatic heterocycles. The van der Waals surface area contributed by atoms with Crippen LogP contribution in [0.15, 0.2) is 11.2 Å². The predicted octanol–water partition coefficient (Wildman–Crippen LogP) is 1.59. The molecule has 2 heterocycles. The molecule has 112 valence electrons. The number of anilines is 2. The maximum atomic E-state index is 4.52. The summed E-state index contributed by atoms with van der Waals surface area (Å²) in [5, 5.41) is 6.34. The van der Waals surface area contributed by atoms with Crippen molar-refractivity contribution >= 4 is 23.4 Å². The third kappa shape index (κ3) is 4.50. The van der Waals surface area contributed by atoms with E-state index in [-0.39, 0.29) is 0 Å². The molecule has 0 saturated carbocycles. The van der Waals surface area contributed by atoms with Crippen molar-refractivity contribution in [2.75, 3.05) is 56.8 Å². The first-order chi connectivity index (χ1) is 9.71. The molecule has 1 fully saturated rings. The van der Waals surface area contributed by atoms with Gasteiger partial charge in [0.05, 0.1) is 0 Å². The van der Waals surface area contributed by atoms with Gasteiger partial charge in [-0.3, -0.25) is 0 Å². The second kappa shape index (κ2) is 7.66. The smallest absolute Gasteiger partial charge is 0.191 e. The molecule has 1 saturated heterocycles. The molecule has 20 heavy (non-hydrogen) atoms. The average molecular weight is 296 g/mol. The van der Waals surface area contributed by atoms with Crippen LogP contribution in [0.4, 0.5) is 11.6 Å². The Morgan fingerprint density at radius 1 is 1.20 bits per heavy atom. The Morgan fingerprint density at radius 2 is 1.90 bits per heavy atom. The van der Waals surface area contributed by atoms with E-state index < -0.39 is 0 Å². The van der Waals surface area contributed by atoms with Gasteiger partial charge in [0.1, 0.15) is 11.6 Å². The zero-order chi connectivity index (χ0) is 14.4. The molecule has 0 atom stereocenters. The molecule has 7 heteroatoms. The van der Waals surface area contributed by atoms with Crippen LogP contribution in [-0.2, 0) is 0 Å². The highest BCUT2D eigenvalue weighted by molar-refractivity contribution is 7.98. The fourth-order valence-corrected chi connectivity index (χ4v) is 2.38. The molecule has 2 N–H and O–H groups in total. The summed E-state index contributed by atoms with van der Waals surface area (Å²) in [5.74, 6) is 1.76. The molecule has 0 radical (unpaired) electrons. The molecule has 0 amide bonds. The van der Waals surface area contributed by atoms with Gasteiger partial charge in [-0.15, -0.1) is 0 Å². The number of likely N-dealkylation sites (N-methyl/N-ethyl adjacent to an activating group) is 1. The van der Waals surface area contributed by atoms with Crippen molar-refractivity contribution in [3.63, 3.8) is 0 Å². The van der Waals surface area contributed by atoms with Crippen LogP contribution in [0.1, 0.15) is 13.3 Å². The lowest BCUT2D eigenvalue weighted by molar-refractivity contribution is 0.178. The Labute approximate surface area is 125 Å². The Bertz CT molecular complexity index is 419. The summed E-state index contributed by atoms with van der Waals surface area (Å²) in [5.41, 5.74) is 3.40. The number of thioether (sulfide) groups is 1. The van der Waals surface area contributed by atoms with E-state index in [4.69, 9.17) is 0 Å². The third-order valence-corrected chi connectivity index (χ3v) is 3.77. The summed E-state index contributed by atoms with van der Waals surface area (Å²) >= 11 is 1.56. The van der Waals surface area contributed by atoms with Crippen LogP contribution in [0.3, 0.4) is 0 Å². The van der Waals surface area contributed by atoms with Crippen molar-refractivity contribution < 1.29 is 0 Å². The van der Waals surface area contributed by atoms with Gasteiger partial charge in [0.25, 0.3) is 0 Å². The zero-order valence-electron chi connectivity index (χ0n) is 12.5. The van der Waals surface area contributed by atoms with Gasteiger partial charge < -0.3 is 15.6 Å². The summed E-state index contributed by atoms with van der Waals surface area (Å²) in [6.07, 6.45) is 3.08. The van der Waals surface area contributed by atoms with E-state index in [0.717, 1.165) is 55.9 Å². The predicted molar refractivity (Wildman–Crippen MR) is 85.3 cm³/mol. The first-order valence-corrected chi connectivity index (χ1v) is 8.31. The van der Waals surface area contributed by atoms with E-state index in [1.54, 1.807) is 11.8 Å². The SMILES string of the molecule is CCCNc1cc(NN2CCN(C)CC2)nc(SC)n1. The van der Waals surface area contributed by atoms with Crippen LogP contribution in [0.5, 0.6) is 0 Å². The van der Waals surface area contributed by atoms with E-state index >= 15 is 0 Å². The standard InChI is InChI=1S/C13H24N6S/c1-4-5-14-11-10-12(16-13(15-11)20-3)17-19-8-6-18(2)7-9-19/h10H,4-9H2,1-3H3,(H2,14,15,16,17). The van der Waals surface area contributed by atoms with E-state index in [2.05, 4.69) is 44.6 Å². The Morgan fingerprint density at radius 3 is 2.55 bits per heavy atom. The lowest BCUT2D eigenvalue weighted by Gasteiger charge is -2.32. The average Bonchev–Trinajstić information content (AvgIpc) is 2.47. The Balaban J connectivity index is 2.02. The number of rotatable bonds is 6. The minimum Gasteiger partial charge on any atom is -0.370 e. The number of hydrazine groups is 1. The molecule has 1 aromatic heterocycles. The second-order valence-electron chi connectivity index (χ2n) is 4.95. The van der Waals surface area contributed by atoms with Crippen molar-refractivity contribution in [1.29, 1.82) is 0 Å². The minimum atomic E-state index is 0.794. The highest BCUT2D eigenvalue weighted by atomic mass is 32.2. The van der Waals surface area contributed by atoms with Gasteiger partial charge in [0.2, 0.25) is 0 Å². The van der Waals surface area contributed by atoms with Gasteiger partial charge in [-0.2, -0.15) is 0 Å². The summed E-state index contributed by atoms with van der Waals surface area (Å²) in [7, 11) is 2.15. The monoisotopic (exact) mass is 296 g/mol. The largest absolute Gasteiger partial charge is 0.370 e. The summed E-state index contributed by atoms with van der Waals surface area (Å²) in [6.45, 7) is 7.24. The number of hydrogen-bond acceptors (Lipinski definition) is 7. The van der Waals surface area contributed by atoms with Crippen LogP contribution >= 0.6 is 11.8 Å². The van der Waals surface area contributed by atoms with Gasteiger partial charge in [0.15, 0.2) is 5.16 Å². The Hall–Kier alpha value is -1.05. The van der Waals surface area contributed by atoms with Crippen molar-refractivity contribution in [3.05, 3.63) is 6.07 Å². The summed E-state index contributed by atoms with van der Waals surface area (Å²) in [6, 6.07) is 1.98. The van der Waals surface area contributed by atoms with Gasteiger partial charge >= 0.3 is 0 Å². The minimum absolute atomic E-state index is 0.794. The maximum absolute atomic E-state index is 4.52. The van der Waals surface area contributed by atoms with Crippen molar-refractivity contribution in [1.82, 2.24) is 19.9 Å². The number of nitrogens with zero attached hydrogens (tertiary/aromatic N) is 4. The summed E-state index contributed by atoms with van der Waals surface area (Å²) < 4.78 is 0. The summed E-state index contributed by atoms with van der Waals surface area (Å²) in [4.78, 5) is 11.3. The molecular formula is C13H24N6S. The molecule has 0 unspecified atom stereocenters. The van der Waals surface area contributed by atoms with E-state index in [1.165, 1.54) is 0 Å². The van der Waals surface area contributed by atoms with Crippen molar-refractivity contribution in [2.45, 2.75) is 18.5 Å². The zero-order valence-corrected chi connectivity index (χ0v) is 13.3. The molecular weight excluding hydrogens is 272 g/mol. The van der Waals surface area contributed by atoms with Gasteiger partial charge in [-0.1, -0.05) is 18.7 Å². The van der Waals surface area contributed by atoms with Crippen LogP contribution in [-0.4, -0.2) is 65.9 Å². The van der Waals surface area contributed by atoms with E-state index in [0.29, 0.717) is 0 Å². The molecule has 0 aromatic carbocycles. The molecule has 2 rings (SSSR count). The number of aromatic nitrogens is 2. The highest BCUT2D eigenvalue weighted by Crippen LogP contribution is 2.18. The first-order valence-electron chi connectivity index (χ1n) is 7.08. The van der Waals surface area contributed by atoms with Crippen LogP contribution in [0.2, 0.25) is 0 Å². The van der Waals surface area contributed by atoms with Crippen molar-refractivity contribution in [2.24, 2.45) is 0 Å². The highest BCUT2D eigenvalue weighted by Gasteiger charge is 2.14. The van der Waals surface area contributed by atoms with Crippen molar-refractivity contribution in [3.8, 4) is 0 Å². The first kappa shape index (κ1) is 15.3. The van der Waals surface area contributed by atoms with E-state index in [9.17, 15) is 0 Å². The fourth-order valence-electron chi connectivity index (χ4n) is 2.00. The fraction of sp³-hybridized carbons (Fsp3) is 0.692. The molecule has 6 nitrogen and oxygen atoms in total. The molecule has 0 spiro atoms. The van der Waals surface area contributed by atoms with Crippen LogP contribution in [0.25, 0.3) is 0 Å². The lowest BCUT2D eigenvalue weighted by atomic mass is 10.4. The van der Waals surface area contributed by atoms with Crippen LogP contribution in [0, 0.1) is 0 Å². The van der Waals surface area contributed by atoms with Crippen LogP contribution < -0.4 is 10.7 Å².